The van der Waals surface area contributed by atoms with Gasteiger partial charge in [-0.1, -0.05) is 35.9 Å². The SMILES string of the molecule is Cc1ccc(Cl)cc1NC(=S)n1c(C)c(C)c2ccccc21. The molecule has 0 saturated heterocycles. The zero-order valence-electron chi connectivity index (χ0n) is 12.8. The van der Waals surface area contributed by atoms with E-state index in [2.05, 4.69) is 41.9 Å². The quantitative estimate of drug-likeness (QED) is 0.597. The monoisotopic (exact) mass is 328 g/mol. The van der Waals surface area contributed by atoms with Crippen LogP contribution in [0.5, 0.6) is 0 Å². The number of halogens is 1. The number of nitrogens with zero attached hydrogens (tertiary/aromatic N) is 1. The van der Waals surface area contributed by atoms with Crippen LogP contribution in [0.15, 0.2) is 42.5 Å². The number of anilines is 1. The zero-order chi connectivity index (χ0) is 15.9. The average molecular weight is 329 g/mol. The summed E-state index contributed by atoms with van der Waals surface area (Å²) in [5.41, 5.74) is 5.57. The molecule has 0 unspecified atom stereocenters. The third-order valence-electron chi connectivity index (χ3n) is 4.07. The Morgan fingerprint density at radius 1 is 1.09 bits per heavy atom. The highest BCUT2D eigenvalue weighted by atomic mass is 35.5. The van der Waals surface area contributed by atoms with Gasteiger partial charge in [-0.15, -0.1) is 0 Å². The number of benzene rings is 2. The summed E-state index contributed by atoms with van der Waals surface area (Å²) in [6.45, 7) is 6.25. The molecule has 0 aliphatic rings. The fraction of sp³-hybridized carbons (Fsp3) is 0.167. The summed E-state index contributed by atoms with van der Waals surface area (Å²) in [7, 11) is 0. The van der Waals surface area contributed by atoms with Crippen molar-refractivity contribution in [2.24, 2.45) is 0 Å². The molecule has 2 aromatic carbocycles. The highest BCUT2D eigenvalue weighted by molar-refractivity contribution is 7.80. The molecule has 0 aliphatic carbocycles. The Labute approximate surface area is 140 Å². The first kappa shape index (κ1) is 15.1. The van der Waals surface area contributed by atoms with Gasteiger partial charge in [0.25, 0.3) is 0 Å². The number of rotatable bonds is 1. The Balaban J connectivity index is 2.06. The molecule has 0 fully saturated rings. The summed E-state index contributed by atoms with van der Waals surface area (Å²) in [5.74, 6) is 0. The summed E-state index contributed by atoms with van der Waals surface area (Å²) in [5, 5.41) is 5.91. The number of aromatic nitrogens is 1. The van der Waals surface area contributed by atoms with E-state index in [1.165, 1.54) is 10.9 Å². The van der Waals surface area contributed by atoms with Gasteiger partial charge in [0.1, 0.15) is 0 Å². The molecule has 3 rings (SSSR count). The molecule has 0 bridgehead atoms. The van der Waals surface area contributed by atoms with Gasteiger partial charge in [0.05, 0.1) is 5.52 Å². The van der Waals surface area contributed by atoms with Crippen LogP contribution >= 0.6 is 23.8 Å². The number of hydrogen-bond acceptors (Lipinski definition) is 1. The zero-order valence-corrected chi connectivity index (χ0v) is 14.3. The van der Waals surface area contributed by atoms with Crippen molar-refractivity contribution >= 4 is 45.5 Å². The minimum atomic E-state index is 0.659. The van der Waals surface area contributed by atoms with Crippen LogP contribution in [0.1, 0.15) is 16.8 Å². The van der Waals surface area contributed by atoms with Gasteiger partial charge >= 0.3 is 0 Å². The Bertz CT molecular complexity index is 880. The number of para-hydroxylation sites is 1. The largest absolute Gasteiger partial charge is 0.332 e. The van der Waals surface area contributed by atoms with Gasteiger partial charge in [0.2, 0.25) is 0 Å². The Morgan fingerprint density at radius 3 is 2.59 bits per heavy atom. The summed E-state index contributed by atoms with van der Waals surface area (Å²) < 4.78 is 2.08. The molecule has 1 N–H and O–H groups in total. The second kappa shape index (κ2) is 5.75. The summed E-state index contributed by atoms with van der Waals surface area (Å²) in [6.07, 6.45) is 0. The highest BCUT2D eigenvalue weighted by Crippen LogP contribution is 2.26. The normalized spacial score (nSPS) is 10.9. The van der Waals surface area contributed by atoms with Gasteiger partial charge in [0, 0.05) is 21.8 Å². The maximum atomic E-state index is 6.09. The van der Waals surface area contributed by atoms with Crippen molar-refractivity contribution in [2.45, 2.75) is 20.8 Å². The molecule has 4 heteroatoms. The van der Waals surface area contributed by atoms with Crippen LogP contribution in [0.3, 0.4) is 0 Å². The van der Waals surface area contributed by atoms with Crippen LogP contribution < -0.4 is 5.32 Å². The third kappa shape index (κ3) is 2.51. The molecule has 112 valence electrons. The average Bonchev–Trinajstić information content (AvgIpc) is 2.75. The first-order valence-corrected chi connectivity index (χ1v) is 7.92. The van der Waals surface area contributed by atoms with Crippen molar-refractivity contribution in [3.8, 4) is 0 Å². The van der Waals surface area contributed by atoms with Crippen LogP contribution in [-0.2, 0) is 0 Å². The van der Waals surface area contributed by atoms with Crippen molar-refractivity contribution < 1.29 is 0 Å². The van der Waals surface area contributed by atoms with Gasteiger partial charge in [-0.05, 0) is 62.3 Å². The van der Waals surface area contributed by atoms with E-state index in [4.69, 9.17) is 23.8 Å². The van der Waals surface area contributed by atoms with Gasteiger partial charge in [-0.2, -0.15) is 0 Å². The highest BCUT2D eigenvalue weighted by Gasteiger charge is 2.14. The molecule has 0 amide bonds. The van der Waals surface area contributed by atoms with E-state index in [-0.39, 0.29) is 0 Å². The number of hydrogen-bond donors (Lipinski definition) is 1. The predicted molar refractivity (Wildman–Crippen MR) is 99.2 cm³/mol. The Hall–Kier alpha value is -1.84. The van der Waals surface area contributed by atoms with Crippen LogP contribution in [0.4, 0.5) is 5.69 Å². The lowest BCUT2D eigenvalue weighted by molar-refractivity contribution is 1.12. The lowest BCUT2D eigenvalue weighted by atomic mass is 10.2. The number of aryl methyl sites for hydroxylation is 2. The minimum Gasteiger partial charge on any atom is -0.332 e. The van der Waals surface area contributed by atoms with E-state index in [1.807, 2.05) is 31.2 Å². The predicted octanol–water partition coefficient (Wildman–Crippen LogP) is 5.47. The second-order valence-corrected chi connectivity index (χ2v) is 6.28. The summed E-state index contributed by atoms with van der Waals surface area (Å²) in [4.78, 5) is 0. The van der Waals surface area contributed by atoms with E-state index in [9.17, 15) is 0 Å². The Kier molecular flexibility index (Phi) is 3.94. The van der Waals surface area contributed by atoms with Crippen LogP contribution in [0.2, 0.25) is 5.02 Å². The van der Waals surface area contributed by atoms with Crippen LogP contribution in [0.25, 0.3) is 10.9 Å². The standard InChI is InChI=1S/C18H17ClN2S/c1-11-8-9-14(19)10-16(11)20-18(22)21-13(3)12(2)15-6-4-5-7-17(15)21/h4-10H,1-3H3,(H,20,22). The number of nitrogens with one attached hydrogen (secondary N) is 1. The molecular formula is C18H17ClN2S. The molecule has 1 aromatic heterocycles. The van der Waals surface area contributed by atoms with Crippen molar-refractivity contribution in [1.82, 2.24) is 4.57 Å². The van der Waals surface area contributed by atoms with E-state index < -0.39 is 0 Å². The molecule has 0 atom stereocenters. The van der Waals surface area contributed by atoms with Crippen molar-refractivity contribution in [1.29, 1.82) is 0 Å². The van der Waals surface area contributed by atoms with Gasteiger partial charge in [-0.25, -0.2) is 0 Å². The fourth-order valence-corrected chi connectivity index (χ4v) is 3.21. The second-order valence-electron chi connectivity index (χ2n) is 5.45. The Morgan fingerprint density at radius 2 is 1.82 bits per heavy atom. The minimum absolute atomic E-state index is 0.659. The third-order valence-corrected chi connectivity index (χ3v) is 4.59. The smallest absolute Gasteiger partial charge is 0.182 e. The van der Waals surface area contributed by atoms with Crippen molar-refractivity contribution in [3.63, 3.8) is 0 Å². The van der Waals surface area contributed by atoms with Gasteiger partial charge in [-0.3, -0.25) is 4.57 Å². The molecule has 0 aliphatic heterocycles. The molecule has 22 heavy (non-hydrogen) atoms. The maximum Gasteiger partial charge on any atom is 0.182 e. The lowest BCUT2D eigenvalue weighted by Gasteiger charge is -2.14. The lowest BCUT2D eigenvalue weighted by Crippen LogP contribution is -2.20. The first-order chi connectivity index (χ1) is 10.5. The molecule has 1 heterocycles. The molecule has 3 aromatic rings. The van der Waals surface area contributed by atoms with E-state index >= 15 is 0 Å². The van der Waals surface area contributed by atoms with Gasteiger partial charge in [0.15, 0.2) is 5.11 Å². The molecular weight excluding hydrogens is 312 g/mol. The summed E-state index contributed by atoms with van der Waals surface area (Å²) in [6, 6.07) is 14.1. The topological polar surface area (TPSA) is 17.0 Å². The fourth-order valence-electron chi connectivity index (χ4n) is 2.69. The molecule has 0 spiro atoms. The van der Waals surface area contributed by atoms with E-state index in [0.29, 0.717) is 10.1 Å². The number of thiocarbonyl (C=S) groups is 1. The van der Waals surface area contributed by atoms with Gasteiger partial charge < -0.3 is 5.32 Å². The molecule has 2 nitrogen and oxygen atoms in total. The van der Waals surface area contributed by atoms with Crippen molar-refractivity contribution in [3.05, 3.63) is 64.3 Å². The molecule has 0 radical (unpaired) electrons. The summed E-state index contributed by atoms with van der Waals surface area (Å²) >= 11 is 11.7. The van der Waals surface area contributed by atoms with Crippen LogP contribution in [-0.4, -0.2) is 9.68 Å². The van der Waals surface area contributed by atoms with Crippen molar-refractivity contribution in [2.75, 3.05) is 5.32 Å². The maximum absolute atomic E-state index is 6.09. The number of fused-ring (bicyclic) bond motifs is 1. The van der Waals surface area contributed by atoms with E-state index in [0.717, 1.165) is 22.5 Å². The van der Waals surface area contributed by atoms with E-state index in [1.54, 1.807) is 0 Å². The first-order valence-electron chi connectivity index (χ1n) is 7.13. The molecule has 0 saturated carbocycles. The van der Waals surface area contributed by atoms with Crippen LogP contribution in [0, 0.1) is 20.8 Å².